The number of aromatic nitrogens is 4. The molecule has 0 unspecified atom stereocenters. The molecule has 0 bridgehead atoms. The van der Waals surface area contributed by atoms with E-state index in [1.54, 1.807) is 30.2 Å². The minimum absolute atomic E-state index is 0.198. The van der Waals surface area contributed by atoms with Gasteiger partial charge in [0.25, 0.3) is 0 Å². The smallest absolute Gasteiger partial charge is 0.154 e. The molecule has 9 nitrogen and oxygen atoms in total. The van der Waals surface area contributed by atoms with Gasteiger partial charge in [-0.15, -0.1) is 0 Å². The van der Waals surface area contributed by atoms with Gasteiger partial charge in [-0.05, 0) is 32.0 Å². The topological polar surface area (TPSA) is 106 Å². The Kier molecular flexibility index (Phi) is 6.48. The van der Waals surface area contributed by atoms with Crippen molar-refractivity contribution in [3.8, 4) is 0 Å². The van der Waals surface area contributed by atoms with E-state index in [1.165, 1.54) is 0 Å². The second-order valence-electron chi connectivity index (χ2n) is 8.29. The fraction of sp³-hybridized carbons (Fsp3) is 0.391. The molecule has 0 aliphatic carbocycles. The van der Waals surface area contributed by atoms with Gasteiger partial charge in [-0.1, -0.05) is 6.92 Å². The van der Waals surface area contributed by atoms with Crippen LogP contribution in [0, 0.1) is 12.8 Å². The molecule has 0 aromatic carbocycles. The third kappa shape index (κ3) is 4.79. The van der Waals surface area contributed by atoms with Crippen molar-refractivity contribution in [2.45, 2.75) is 20.0 Å². The van der Waals surface area contributed by atoms with Gasteiger partial charge in [0.1, 0.15) is 5.82 Å². The molecular weight excluding hydrogens is 404 g/mol. The largest absolute Gasteiger partial charge is 0.404 e. The zero-order valence-electron chi connectivity index (χ0n) is 19.0. The molecule has 3 aromatic rings. The van der Waals surface area contributed by atoms with Gasteiger partial charge in [0, 0.05) is 49.7 Å². The zero-order valence-corrected chi connectivity index (χ0v) is 19.0. The number of likely N-dealkylation sites (tertiary alicyclic amines) is 1. The number of nitrogens with zero attached hydrogens (tertiary/aromatic N) is 6. The van der Waals surface area contributed by atoms with Gasteiger partial charge in [0.2, 0.25) is 0 Å². The van der Waals surface area contributed by atoms with Gasteiger partial charge in [-0.25, -0.2) is 9.50 Å². The van der Waals surface area contributed by atoms with Gasteiger partial charge in [0.15, 0.2) is 5.82 Å². The maximum atomic E-state index is 6.20. The second-order valence-corrected chi connectivity index (χ2v) is 8.29. The summed E-state index contributed by atoms with van der Waals surface area (Å²) in [5.41, 5.74) is 10.4. The number of hydrogen-bond acceptors (Lipinski definition) is 8. The summed E-state index contributed by atoms with van der Waals surface area (Å²) in [5.74, 6) is 1.83. The predicted molar refractivity (Wildman–Crippen MR) is 126 cm³/mol. The molecule has 1 saturated heterocycles. The lowest BCUT2D eigenvalue weighted by Gasteiger charge is -2.18. The standard InChI is InChI=1S/C23H30N8O/c1-15-12-30(4)13-20(15)32-14-18(9-24)23(25-3)17-5-6-31-19(7-17)8-21(29-31)28-22-11-26-16(2)10-27-22/h5-11,15,20H,12-14,24H2,1-4H3,(H,27,28,29)/b18-9-,25-23?/t15-,20-/m0/s1. The van der Waals surface area contributed by atoms with Gasteiger partial charge >= 0.3 is 0 Å². The van der Waals surface area contributed by atoms with E-state index in [9.17, 15) is 0 Å². The third-order valence-electron chi connectivity index (χ3n) is 5.68. The SMILES string of the molecule is CN=C(/C(=C\N)CO[C@H]1CN(C)C[C@@H]1C)c1ccn2nc(Nc3cnc(C)cn3)cc2c1. The van der Waals surface area contributed by atoms with E-state index >= 15 is 0 Å². The highest BCUT2D eigenvalue weighted by Gasteiger charge is 2.28. The monoisotopic (exact) mass is 434 g/mol. The number of anilines is 2. The Balaban J connectivity index is 1.50. The molecule has 1 aliphatic heterocycles. The van der Waals surface area contributed by atoms with E-state index < -0.39 is 0 Å². The molecule has 0 amide bonds. The Labute approximate surface area is 188 Å². The first-order valence-corrected chi connectivity index (χ1v) is 10.7. The molecule has 0 radical (unpaired) electrons. The van der Waals surface area contributed by atoms with Crippen LogP contribution in [0.15, 0.2) is 53.6 Å². The number of fused-ring (bicyclic) bond motifs is 1. The van der Waals surface area contributed by atoms with Crippen LogP contribution >= 0.6 is 0 Å². The van der Waals surface area contributed by atoms with Crippen LogP contribution in [0.3, 0.4) is 0 Å². The number of hydrogen-bond donors (Lipinski definition) is 2. The summed E-state index contributed by atoms with van der Waals surface area (Å²) in [5, 5.41) is 7.74. The third-order valence-corrected chi connectivity index (χ3v) is 5.68. The first-order valence-electron chi connectivity index (χ1n) is 10.7. The van der Waals surface area contributed by atoms with Crippen molar-refractivity contribution in [1.82, 2.24) is 24.5 Å². The van der Waals surface area contributed by atoms with Crippen LogP contribution in [0.5, 0.6) is 0 Å². The van der Waals surface area contributed by atoms with E-state index in [0.29, 0.717) is 24.2 Å². The average Bonchev–Trinajstić information content (AvgIpc) is 3.33. The van der Waals surface area contributed by atoms with Crippen LogP contribution in [-0.2, 0) is 4.74 Å². The average molecular weight is 435 g/mol. The van der Waals surface area contributed by atoms with E-state index in [1.807, 2.05) is 31.3 Å². The Bertz CT molecular complexity index is 1130. The highest BCUT2D eigenvalue weighted by atomic mass is 16.5. The molecule has 0 spiro atoms. The van der Waals surface area contributed by atoms with E-state index in [4.69, 9.17) is 10.5 Å². The van der Waals surface area contributed by atoms with Gasteiger partial charge in [-0.3, -0.25) is 9.98 Å². The number of rotatable bonds is 7. The van der Waals surface area contributed by atoms with Crippen LogP contribution in [0.2, 0.25) is 0 Å². The van der Waals surface area contributed by atoms with Gasteiger partial charge < -0.3 is 20.7 Å². The highest BCUT2D eigenvalue weighted by Crippen LogP contribution is 2.21. The Morgan fingerprint density at radius 1 is 1.28 bits per heavy atom. The maximum absolute atomic E-state index is 6.20. The molecule has 1 fully saturated rings. The van der Waals surface area contributed by atoms with Crippen molar-refractivity contribution in [2.75, 3.05) is 39.1 Å². The molecule has 1 aliphatic rings. The lowest BCUT2D eigenvalue weighted by molar-refractivity contribution is 0.0565. The fourth-order valence-corrected chi connectivity index (χ4v) is 4.03. The van der Waals surface area contributed by atoms with Crippen molar-refractivity contribution < 1.29 is 4.74 Å². The minimum atomic E-state index is 0.198. The molecule has 4 heterocycles. The molecule has 3 N–H and O–H groups in total. The molecule has 9 heteroatoms. The Hall–Kier alpha value is -3.30. The molecule has 0 saturated carbocycles. The Morgan fingerprint density at radius 2 is 2.12 bits per heavy atom. The van der Waals surface area contributed by atoms with Crippen molar-refractivity contribution in [3.63, 3.8) is 0 Å². The Morgan fingerprint density at radius 3 is 2.78 bits per heavy atom. The predicted octanol–water partition coefficient (Wildman–Crippen LogP) is 2.40. The second kappa shape index (κ2) is 9.46. The quantitative estimate of drug-likeness (QED) is 0.550. The summed E-state index contributed by atoms with van der Waals surface area (Å²) >= 11 is 0. The molecule has 4 rings (SSSR count). The molecule has 2 atom stereocenters. The van der Waals surface area contributed by atoms with Crippen LogP contribution in [-0.4, -0.2) is 70.1 Å². The van der Waals surface area contributed by atoms with Gasteiger partial charge in [0.05, 0.1) is 42.0 Å². The van der Waals surface area contributed by atoms with Crippen LogP contribution in [0.4, 0.5) is 11.6 Å². The first-order chi connectivity index (χ1) is 15.5. The number of likely N-dealkylation sites (N-methyl/N-ethyl adjacent to an activating group) is 1. The molecule has 32 heavy (non-hydrogen) atoms. The van der Waals surface area contributed by atoms with Crippen molar-refractivity contribution in [3.05, 3.63) is 59.8 Å². The summed E-state index contributed by atoms with van der Waals surface area (Å²) in [6.07, 6.45) is 7.10. The number of aliphatic imine (C=N–C) groups is 1. The van der Waals surface area contributed by atoms with E-state index in [2.05, 4.69) is 44.2 Å². The fourth-order valence-electron chi connectivity index (χ4n) is 4.03. The first kappa shape index (κ1) is 21.9. The van der Waals surface area contributed by atoms with Crippen LogP contribution in [0.25, 0.3) is 5.52 Å². The number of nitrogens with two attached hydrogens (primary N) is 1. The van der Waals surface area contributed by atoms with Crippen LogP contribution < -0.4 is 11.1 Å². The minimum Gasteiger partial charge on any atom is -0.404 e. The maximum Gasteiger partial charge on any atom is 0.154 e. The summed E-state index contributed by atoms with van der Waals surface area (Å²) in [6.45, 7) is 6.52. The normalized spacial score (nSPS) is 20.2. The number of ether oxygens (including phenoxy) is 1. The number of nitrogens with one attached hydrogen (secondary N) is 1. The molecule has 168 valence electrons. The highest BCUT2D eigenvalue weighted by molar-refractivity contribution is 6.13. The summed E-state index contributed by atoms with van der Waals surface area (Å²) in [6, 6.07) is 5.97. The lowest BCUT2D eigenvalue weighted by Crippen LogP contribution is -2.24. The summed E-state index contributed by atoms with van der Waals surface area (Å²) in [7, 11) is 3.89. The zero-order chi connectivity index (χ0) is 22.7. The van der Waals surface area contributed by atoms with E-state index in [-0.39, 0.29) is 6.10 Å². The van der Waals surface area contributed by atoms with Crippen LogP contribution in [0.1, 0.15) is 18.2 Å². The number of aryl methyl sites for hydroxylation is 1. The van der Waals surface area contributed by atoms with Crippen molar-refractivity contribution >= 4 is 22.9 Å². The van der Waals surface area contributed by atoms with Crippen molar-refractivity contribution in [2.24, 2.45) is 16.6 Å². The summed E-state index contributed by atoms with van der Waals surface area (Å²) < 4.78 is 8.00. The van der Waals surface area contributed by atoms with E-state index in [0.717, 1.165) is 41.1 Å². The summed E-state index contributed by atoms with van der Waals surface area (Å²) in [4.78, 5) is 15.4. The lowest BCUT2D eigenvalue weighted by atomic mass is 10.0. The number of pyridine rings is 1. The molecular formula is C23H30N8O. The molecule has 3 aromatic heterocycles. The van der Waals surface area contributed by atoms with Crippen molar-refractivity contribution in [1.29, 1.82) is 0 Å². The van der Waals surface area contributed by atoms with Gasteiger partial charge in [-0.2, -0.15) is 5.10 Å².